The van der Waals surface area contributed by atoms with Crippen molar-refractivity contribution < 1.29 is 28.7 Å². The third kappa shape index (κ3) is 10.1. The molecule has 0 aliphatic carbocycles. The molecule has 0 radical (unpaired) electrons. The van der Waals surface area contributed by atoms with Crippen LogP contribution in [0.25, 0.3) is 0 Å². The lowest BCUT2D eigenvalue weighted by atomic mass is 10.1. The predicted molar refractivity (Wildman–Crippen MR) is 111 cm³/mol. The van der Waals surface area contributed by atoms with Crippen molar-refractivity contribution in [2.24, 2.45) is 11.5 Å². The fraction of sp³-hybridized carbons (Fsp3) is 0.737. The van der Waals surface area contributed by atoms with E-state index in [9.17, 15) is 24.0 Å². The standard InChI is InChI=1S/C19H34N6O6/c1-19(2,3)31-18(30)23-13(12-15(27)22-7-6-20)17(29)25-10-8-24(9-11-25)16(28)5-4-14(21)26/h13H,4-12,20H2,1-3H3,(H2,21,26)(H,22,27)(H,23,30). The Kier molecular flexibility index (Phi) is 10.2. The molecule has 31 heavy (non-hydrogen) atoms. The molecule has 1 atom stereocenters. The Balaban J connectivity index is 2.73. The zero-order valence-electron chi connectivity index (χ0n) is 18.4. The third-order valence-electron chi connectivity index (χ3n) is 4.37. The summed E-state index contributed by atoms with van der Waals surface area (Å²) >= 11 is 0. The Hall–Kier alpha value is -2.89. The number of nitrogens with one attached hydrogen (secondary N) is 2. The maximum atomic E-state index is 13.0. The van der Waals surface area contributed by atoms with Gasteiger partial charge in [-0.1, -0.05) is 0 Å². The van der Waals surface area contributed by atoms with E-state index in [4.69, 9.17) is 16.2 Å². The van der Waals surface area contributed by atoms with Crippen LogP contribution >= 0.6 is 0 Å². The highest BCUT2D eigenvalue weighted by molar-refractivity contribution is 5.91. The van der Waals surface area contributed by atoms with Crippen LogP contribution in [-0.4, -0.2) is 90.4 Å². The number of rotatable bonds is 9. The van der Waals surface area contributed by atoms with Gasteiger partial charge in [-0.25, -0.2) is 4.79 Å². The molecule has 0 bridgehead atoms. The maximum absolute atomic E-state index is 13.0. The van der Waals surface area contributed by atoms with Gasteiger partial charge in [0.15, 0.2) is 0 Å². The van der Waals surface area contributed by atoms with E-state index in [2.05, 4.69) is 10.6 Å². The molecule has 12 nitrogen and oxygen atoms in total. The summed E-state index contributed by atoms with van der Waals surface area (Å²) in [5, 5.41) is 5.04. The van der Waals surface area contributed by atoms with Crippen LogP contribution in [0.3, 0.4) is 0 Å². The van der Waals surface area contributed by atoms with E-state index in [-0.39, 0.29) is 64.4 Å². The number of amides is 5. The molecule has 1 aliphatic rings. The summed E-state index contributed by atoms with van der Waals surface area (Å²) in [6.45, 7) is 6.58. The first kappa shape index (κ1) is 26.1. The summed E-state index contributed by atoms with van der Waals surface area (Å²) in [6, 6.07) is -1.12. The Labute approximate surface area is 182 Å². The third-order valence-corrected chi connectivity index (χ3v) is 4.37. The molecule has 5 amide bonds. The SMILES string of the molecule is CC(C)(C)OC(=O)NC(CC(=O)NCCN)C(=O)N1CCN(C(=O)CCC(N)=O)CC1. The zero-order valence-corrected chi connectivity index (χ0v) is 18.4. The number of carbonyl (C=O) groups excluding carboxylic acids is 5. The van der Waals surface area contributed by atoms with Gasteiger partial charge >= 0.3 is 6.09 Å². The molecule has 0 saturated carbocycles. The number of hydrogen-bond donors (Lipinski definition) is 4. The Morgan fingerprint density at radius 2 is 1.58 bits per heavy atom. The maximum Gasteiger partial charge on any atom is 0.408 e. The lowest BCUT2D eigenvalue weighted by Crippen LogP contribution is -2.57. The van der Waals surface area contributed by atoms with Gasteiger partial charge in [0, 0.05) is 52.1 Å². The molecular weight excluding hydrogens is 408 g/mol. The van der Waals surface area contributed by atoms with Gasteiger partial charge in [-0.2, -0.15) is 0 Å². The van der Waals surface area contributed by atoms with Crippen molar-refractivity contribution in [1.82, 2.24) is 20.4 Å². The van der Waals surface area contributed by atoms with Crippen molar-refractivity contribution in [3.8, 4) is 0 Å². The summed E-state index contributed by atoms with van der Waals surface area (Å²) in [7, 11) is 0. The lowest BCUT2D eigenvalue weighted by molar-refractivity contribution is -0.142. The van der Waals surface area contributed by atoms with E-state index in [1.54, 1.807) is 25.7 Å². The zero-order chi connectivity index (χ0) is 23.6. The number of carbonyl (C=O) groups is 5. The topological polar surface area (TPSA) is 177 Å². The van der Waals surface area contributed by atoms with Gasteiger partial charge in [0.05, 0.1) is 6.42 Å². The Morgan fingerprint density at radius 3 is 2.10 bits per heavy atom. The molecule has 1 saturated heterocycles. The second-order valence-electron chi connectivity index (χ2n) is 8.21. The molecule has 1 heterocycles. The minimum Gasteiger partial charge on any atom is -0.444 e. The van der Waals surface area contributed by atoms with Gasteiger partial charge in [-0.05, 0) is 20.8 Å². The first-order valence-corrected chi connectivity index (χ1v) is 10.2. The second kappa shape index (κ2) is 12.1. The van der Waals surface area contributed by atoms with Crippen LogP contribution in [0.2, 0.25) is 0 Å². The van der Waals surface area contributed by atoms with Crippen LogP contribution < -0.4 is 22.1 Å². The van der Waals surface area contributed by atoms with Crippen LogP contribution in [0.1, 0.15) is 40.0 Å². The van der Waals surface area contributed by atoms with Gasteiger partial charge in [-0.3, -0.25) is 19.2 Å². The number of piperazine rings is 1. The number of ether oxygens (including phenoxy) is 1. The monoisotopic (exact) mass is 442 g/mol. The second-order valence-corrected chi connectivity index (χ2v) is 8.21. The molecule has 0 aromatic carbocycles. The van der Waals surface area contributed by atoms with E-state index >= 15 is 0 Å². The first-order chi connectivity index (χ1) is 14.4. The van der Waals surface area contributed by atoms with Crippen LogP contribution in [0.15, 0.2) is 0 Å². The highest BCUT2D eigenvalue weighted by Crippen LogP contribution is 2.11. The van der Waals surface area contributed by atoms with Crippen LogP contribution in [0.4, 0.5) is 4.79 Å². The van der Waals surface area contributed by atoms with Gasteiger partial charge in [-0.15, -0.1) is 0 Å². The molecule has 176 valence electrons. The van der Waals surface area contributed by atoms with Crippen LogP contribution in [-0.2, 0) is 23.9 Å². The Bertz CT molecular complexity index is 669. The molecule has 1 fully saturated rings. The van der Waals surface area contributed by atoms with Crippen molar-refractivity contribution in [1.29, 1.82) is 0 Å². The summed E-state index contributed by atoms with van der Waals surface area (Å²) in [6.07, 6.45) is -1.08. The normalized spacial score (nSPS) is 15.1. The Morgan fingerprint density at radius 1 is 1.00 bits per heavy atom. The number of primary amides is 1. The fourth-order valence-electron chi connectivity index (χ4n) is 2.90. The molecule has 0 aromatic heterocycles. The van der Waals surface area contributed by atoms with Gasteiger partial charge in [0.2, 0.25) is 23.6 Å². The molecule has 1 rings (SSSR count). The number of hydrogen-bond acceptors (Lipinski definition) is 7. The van der Waals surface area contributed by atoms with E-state index in [0.717, 1.165) is 0 Å². The van der Waals surface area contributed by atoms with Crippen LogP contribution in [0.5, 0.6) is 0 Å². The van der Waals surface area contributed by atoms with E-state index < -0.39 is 35.5 Å². The highest BCUT2D eigenvalue weighted by atomic mass is 16.6. The highest BCUT2D eigenvalue weighted by Gasteiger charge is 2.32. The molecule has 1 unspecified atom stereocenters. The van der Waals surface area contributed by atoms with Gasteiger partial charge in [0.25, 0.3) is 0 Å². The smallest absolute Gasteiger partial charge is 0.408 e. The van der Waals surface area contributed by atoms with Crippen molar-refractivity contribution in [3.05, 3.63) is 0 Å². The molecule has 0 aromatic rings. The van der Waals surface area contributed by atoms with Crippen molar-refractivity contribution in [2.45, 2.75) is 51.7 Å². The van der Waals surface area contributed by atoms with E-state index in [1.807, 2.05) is 0 Å². The van der Waals surface area contributed by atoms with Gasteiger partial charge < -0.3 is 36.6 Å². The summed E-state index contributed by atoms with van der Waals surface area (Å²) in [5.74, 6) is -1.64. The lowest BCUT2D eigenvalue weighted by Gasteiger charge is -2.36. The van der Waals surface area contributed by atoms with Gasteiger partial charge in [0.1, 0.15) is 11.6 Å². The van der Waals surface area contributed by atoms with Crippen LogP contribution in [0, 0.1) is 0 Å². The number of nitrogens with two attached hydrogens (primary N) is 2. The average molecular weight is 443 g/mol. The largest absolute Gasteiger partial charge is 0.444 e. The molecule has 6 N–H and O–H groups in total. The molecule has 0 spiro atoms. The molecular formula is C19H34N6O6. The van der Waals surface area contributed by atoms with E-state index in [0.29, 0.717) is 0 Å². The van der Waals surface area contributed by atoms with Crippen molar-refractivity contribution >= 4 is 29.7 Å². The first-order valence-electron chi connectivity index (χ1n) is 10.2. The van der Waals surface area contributed by atoms with Crippen molar-refractivity contribution in [3.63, 3.8) is 0 Å². The summed E-state index contributed by atoms with van der Waals surface area (Å²) < 4.78 is 5.20. The molecule has 1 aliphatic heterocycles. The molecule has 12 heteroatoms. The number of nitrogens with zero attached hydrogens (tertiary/aromatic N) is 2. The predicted octanol–water partition coefficient (Wildman–Crippen LogP) is -1.72. The van der Waals surface area contributed by atoms with Crippen molar-refractivity contribution in [2.75, 3.05) is 39.3 Å². The average Bonchev–Trinajstić information content (AvgIpc) is 2.68. The number of alkyl carbamates (subject to hydrolysis) is 1. The van der Waals surface area contributed by atoms with E-state index in [1.165, 1.54) is 4.90 Å². The minimum atomic E-state index is -1.12. The summed E-state index contributed by atoms with van der Waals surface area (Å²) in [4.78, 5) is 63.3. The summed E-state index contributed by atoms with van der Waals surface area (Å²) in [5.41, 5.74) is 9.67. The minimum absolute atomic E-state index is 0.0212. The fourth-order valence-corrected chi connectivity index (χ4v) is 2.90. The quantitative estimate of drug-likeness (QED) is 0.328.